The highest BCUT2D eigenvalue weighted by Crippen LogP contribution is 2.37. The standard InChI is InChI=1S/C23H25BrN6OSi/c1-16-7-6-8-18(27-16)22-21(17-9-10-19-26-13-20(25-2)29(19)14-17)23(24)30(28-22)15-31-11-12-32(3,4)5/h6-10,13-14H,11-12,15H2,1,3-5H3. The Morgan fingerprint density at radius 2 is 2.00 bits per heavy atom. The van der Waals surface area contributed by atoms with Gasteiger partial charge in [-0.2, -0.15) is 5.10 Å². The van der Waals surface area contributed by atoms with Gasteiger partial charge in [-0.1, -0.05) is 32.3 Å². The molecule has 164 valence electrons. The third-order valence-electron chi connectivity index (χ3n) is 5.12. The topological polar surface area (TPSA) is 61.6 Å². The van der Waals surface area contributed by atoms with Gasteiger partial charge in [0.15, 0.2) is 0 Å². The first kappa shape index (κ1) is 22.4. The van der Waals surface area contributed by atoms with Gasteiger partial charge in [0.25, 0.3) is 5.82 Å². The largest absolute Gasteiger partial charge is 0.362 e. The quantitative estimate of drug-likeness (QED) is 0.169. The number of pyridine rings is 2. The van der Waals surface area contributed by atoms with E-state index in [0.29, 0.717) is 19.2 Å². The number of hydrogen-bond acceptors (Lipinski definition) is 4. The molecule has 0 spiro atoms. The van der Waals surface area contributed by atoms with Crippen molar-refractivity contribution in [2.45, 2.75) is 39.3 Å². The summed E-state index contributed by atoms with van der Waals surface area (Å²) in [6, 6.07) is 10.9. The van der Waals surface area contributed by atoms with Crippen molar-refractivity contribution >= 4 is 35.5 Å². The third-order valence-corrected chi connectivity index (χ3v) is 7.63. The van der Waals surface area contributed by atoms with Gasteiger partial charge in [-0.15, -0.1) is 0 Å². The average molecular weight is 509 g/mol. The number of rotatable bonds is 7. The van der Waals surface area contributed by atoms with Crippen LogP contribution in [-0.2, 0) is 11.5 Å². The lowest BCUT2D eigenvalue weighted by Crippen LogP contribution is -2.22. The number of ether oxygens (including phenoxy) is 1. The minimum Gasteiger partial charge on any atom is -0.362 e. The lowest BCUT2D eigenvalue weighted by Gasteiger charge is -2.15. The predicted molar refractivity (Wildman–Crippen MR) is 132 cm³/mol. The van der Waals surface area contributed by atoms with Gasteiger partial charge in [0.05, 0.1) is 18.1 Å². The molecule has 4 aromatic heterocycles. The molecule has 0 aliphatic heterocycles. The van der Waals surface area contributed by atoms with Crippen LogP contribution in [0.25, 0.3) is 33.0 Å². The molecule has 0 unspecified atom stereocenters. The van der Waals surface area contributed by atoms with Crippen molar-refractivity contribution in [1.29, 1.82) is 0 Å². The van der Waals surface area contributed by atoms with Crippen LogP contribution in [0.2, 0.25) is 25.7 Å². The van der Waals surface area contributed by atoms with E-state index in [-0.39, 0.29) is 0 Å². The molecule has 32 heavy (non-hydrogen) atoms. The molecular weight excluding hydrogens is 484 g/mol. The van der Waals surface area contributed by atoms with Crippen LogP contribution >= 0.6 is 15.9 Å². The maximum Gasteiger partial charge on any atom is 0.254 e. The van der Waals surface area contributed by atoms with Gasteiger partial charge >= 0.3 is 0 Å². The van der Waals surface area contributed by atoms with Crippen molar-refractivity contribution in [2.75, 3.05) is 6.61 Å². The Balaban J connectivity index is 1.78. The van der Waals surface area contributed by atoms with Gasteiger partial charge in [-0.3, -0.25) is 4.98 Å². The molecule has 0 radical (unpaired) electrons. The summed E-state index contributed by atoms with van der Waals surface area (Å²) in [6.45, 7) is 17.5. The molecule has 0 aliphatic carbocycles. The maximum absolute atomic E-state index is 7.42. The number of hydrogen-bond donors (Lipinski definition) is 0. The molecule has 7 nitrogen and oxygen atoms in total. The van der Waals surface area contributed by atoms with Crippen LogP contribution in [-0.4, -0.2) is 38.8 Å². The highest BCUT2D eigenvalue weighted by molar-refractivity contribution is 9.10. The van der Waals surface area contributed by atoms with E-state index >= 15 is 0 Å². The van der Waals surface area contributed by atoms with Crippen LogP contribution in [0.3, 0.4) is 0 Å². The van der Waals surface area contributed by atoms with Crippen molar-refractivity contribution in [3.63, 3.8) is 0 Å². The smallest absolute Gasteiger partial charge is 0.254 e. The van der Waals surface area contributed by atoms with Crippen molar-refractivity contribution in [3.05, 3.63) is 64.4 Å². The van der Waals surface area contributed by atoms with Crippen LogP contribution in [0.4, 0.5) is 5.82 Å². The van der Waals surface area contributed by atoms with E-state index in [0.717, 1.165) is 44.5 Å². The second kappa shape index (κ2) is 8.98. The summed E-state index contributed by atoms with van der Waals surface area (Å²) in [5.41, 5.74) is 5.03. The summed E-state index contributed by atoms with van der Waals surface area (Å²) >= 11 is 3.75. The number of aryl methyl sites for hydroxylation is 1. The van der Waals surface area contributed by atoms with E-state index in [4.69, 9.17) is 21.4 Å². The zero-order valence-electron chi connectivity index (χ0n) is 18.6. The molecule has 0 N–H and O–H groups in total. The van der Waals surface area contributed by atoms with Crippen molar-refractivity contribution in [1.82, 2.24) is 24.1 Å². The average Bonchev–Trinajstić information content (AvgIpc) is 3.30. The predicted octanol–water partition coefficient (Wildman–Crippen LogP) is 6.19. The first-order chi connectivity index (χ1) is 15.3. The molecule has 0 bridgehead atoms. The van der Waals surface area contributed by atoms with Crippen LogP contribution in [0.15, 0.2) is 47.3 Å². The summed E-state index contributed by atoms with van der Waals surface area (Å²) < 4.78 is 10.4. The third kappa shape index (κ3) is 4.67. The number of halogens is 1. The number of aromatic nitrogens is 5. The SMILES string of the molecule is [C-]#[N+]c1cnc2ccc(-c3c(-c4cccc(C)n4)nn(COCC[Si](C)(C)C)c3Br)cn12. The summed E-state index contributed by atoms with van der Waals surface area (Å²) in [4.78, 5) is 12.6. The van der Waals surface area contributed by atoms with E-state index in [1.54, 1.807) is 10.6 Å². The van der Waals surface area contributed by atoms with Crippen LogP contribution < -0.4 is 0 Å². The molecule has 0 aromatic carbocycles. The normalized spacial score (nSPS) is 11.8. The Hall–Kier alpha value is -2.80. The Labute approximate surface area is 197 Å². The van der Waals surface area contributed by atoms with Gasteiger partial charge in [-0.05, 0) is 47.1 Å². The molecular formula is C23H25BrN6OSi. The lowest BCUT2D eigenvalue weighted by atomic mass is 10.1. The van der Waals surface area contributed by atoms with Gasteiger partial charge < -0.3 is 9.58 Å². The van der Waals surface area contributed by atoms with Gasteiger partial charge in [0.2, 0.25) is 5.65 Å². The fourth-order valence-corrected chi connectivity index (χ4v) is 4.72. The Morgan fingerprint density at radius 1 is 1.19 bits per heavy atom. The van der Waals surface area contributed by atoms with Crippen LogP contribution in [0, 0.1) is 13.5 Å². The molecule has 4 aromatic rings. The van der Waals surface area contributed by atoms with Crippen molar-refractivity contribution < 1.29 is 4.74 Å². The minimum atomic E-state index is -1.16. The summed E-state index contributed by atoms with van der Waals surface area (Å²) in [5.74, 6) is 0.468. The van der Waals surface area contributed by atoms with Gasteiger partial charge in [0, 0.05) is 37.6 Å². The fourth-order valence-electron chi connectivity index (χ4n) is 3.36. The molecule has 0 saturated heterocycles. The summed E-state index contributed by atoms with van der Waals surface area (Å²) in [7, 11) is -1.16. The summed E-state index contributed by atoms with van der Waals surface area (Å²) in [6.07, 6.45) is 3.51. The van der Waals surface area contributed by atoms with E-state index in [1.165, 1.54) is 0 Å². The molecule has 0 atom stereocenters. The fraction of sp³-hybridized carbons (Fsp3) is 0.304. The molecule has 0 fully saturated rings. The monoisotopic (exact) mass is 508 g/mol. The highest BCUT2D eigenvalue weighted by atomic mass is 79.9. The van der Waals surface area contributed by atoms with Gasteiger partial charge in [0.1, 0.15) is 17.0 Å². The molecule has 4 rings (SSSR count). The summed E-state index contributed by atoms with van der Waals surface area (Å²) in [5, 5.41) is 4.85. The van der Waals surface area contributed by atoms with E-state index < -0.39 is 8.07 Å². The second-order valence-corrected chi connectivity index (χ2v) is 15.3. The molecule has 0 saturated carbocycles. The Kier molecular flexibility index (Phi) is 6.28. The molecule has 0 amide bonds. The van der Waals surface area contributed by atoms with E-state index in [1.807, 2.05) is 48.1 Å². The zero-order valence-corrected chi connectivity index (χ0v) is 21.2. The molecule has 9 heteroatoms. The number of nitrogens with zero attached hydrogens (tertiary/aromatic N) is 6. The van der Waals surface area contributed by atoms with Crippen LogP contribution in [0.5, 0.6) is 0 Å². The van der Waals surface area contributed by atoms with Crippen molar-refractivity contribution in [3.8, 4) is 22.5 Å². The first-order valence-electron chi connectivity index (χ1n) is 10.4. The van der Waals surface area contributed by atoms with Crippen LogP contribution in [0.1, 0.15) is 5.69 Å². The molecule has 4 heterocycles. The Bertz CT molecular complexity index is 1310. The molecule has 0 aliphatic rings. The first-order valence-corrected chi connectivity index (χ1v) is 14.9. The lowest BCUT2D eigenvalue weighted by molar-refractivity contribution is 0.0772. The van der Waals surface area contributed by atoms with Gasteiger partial charge in [-0.25, -0.2) is 14.1 Å². The zero-order chi connectivity index (χ0) is 22.9. The van der Waals surface area contributed by atoms with E-state index in [2.05, 4.69) is 45.4 Å². The Morgan fingerprint density at radius 3 is 2.72 bits per heavy atom. The van der Waals surface area contributed by atoms with E-state index in [9.17, 15) is 0 Å². The number of imidazole rings is 1. The van der Waals surface area contributed by atoms with Crippen molar-refractivity contribution in [2.24, 2.45) is 0 Å². The highest BCUT2D eigenvalue weighted by Gasteiger charge is 2.22. The minimum absolute atomic E-state index is 0.352. The second-order valence-electron chi connectivity index (χ2n) is 8.90. The maximum atomic E-state index is 7.42. The number of fused-ring (bicyclic) bond motifs is 1.